The molecule has 0 fully saturated rings. The summed E-state index contributed by atoms with van der Waals surface area (Å²) in [5, 5.41) is 2.64. The van der Waals surface area contributed by atoms with E-state index in [0.717, 1.165) is 17.7 Å². The maximum Gasteiger partial charge on any atom is 0.416 e. The average molecular weight is 395 g/mol. The fourth-order valence-corrected chi connectivity index (χ4v) is 2.69. The maximum atomic E-state index is 12.7. The van der Waals surface area contributed by atoms with E-state index in [9.17, 15) is 18.0 Å². The number of halogens is 3. The van der Waals surface area contributed by atoms with Crippen LogP contribution in [-0.4, -0.2) is 18.3 Å². The second-order valence-electron chi connectivity index (χ2n) is 7.31. The molecule has 28 heavy (non-hydrogen) atoms. The first kappa shape index (κ1) is 19.9. The van der Waals surface area contributed by atoms with E-state index < -0.39 is 23.4 Å². The van der Waals surface area contributed by atoms with Gasteiger partial charge in [0.2, 0.25) is 0 Å². The molecule has 0 unspecified atom stereocenters. The lowest BCUT2D eigenvalue weighted by Gasteiger charge is -2.20. The number of hydrogen-bond donors (Lipinski definition) is 1. The Morgan fingerprint density at radius 3 is 2.36 bits per heavy atom. The van der Waals surface area contributed by atoms with Crippen LogP contribution in [0.15, 0.2) is 36.4 Å². The summed E-state index contributed by atoms with van der Waals surface area (Å²) in [5.74, 6) is 1.15. The van der Waals surface area contributed by atoms with Crippen LogP contribution in [0.3, 0.4) is 0 Å². The highest BCUT2D eigenvalue weighted by molar-refractivity contribution is 5.88. The molecule has 0 saturated heterocycles. The number of ether oxygens (including phenoxy) is 3. The molecular formula is C20H20F3NO4. The van der Waals surface area contributed by atoms with Gasteiger partial charge in [-0.05, 0) is 51.1 Å². The smallest absolute Gasteiger partial charge is 0.416 e. The van der Waals surface area contributed by atoms with Crippen LogP contribution in [0.2, 0.25) is 0 Å². The van der Waals surface area contributed by atoms with Gasteiger partial charge in [0.1, 0.15) is 22.8 Å². The monoisotopic (exact) mass is 395 g/mol. The van der Waals surface area contributed by atoms with Gasteiger partial charge in [-0.3, -0.25) is 5.32 Å². The third-order valence-electron chi connectivity index (χ3n) is 3.81. The van der Waals surface area contributed by atoms with Crippen LogP contribution in [0.25, 0.3) is 0 Å². The van der Waals surface area contributed by atoms with E-state index in [0.29, 0.717) is 30.2 Å². The van der Waals surface area contributed by atoms with Crippen molar-refractivity contribution >= 4 is 11.8 Å². The molecule has 1 aliphatic rings. The summed E-state index contributed by atoms with van der Waals surface area (Å²) in [6.07, 6.45) is -4.42. The number of anilines is 1. The van der Waals surface area contributed by atoms with E-state index >= 15 is 0 Å². The summed E-state index contributed by atoms with van der Waals surface area (Å²) in [7, 11) is 0. The molecule has 1 amide bonds. The predicted molar refractivity (Wildman–Crippen MR) is 97.0 cm³/mol. The molecule has 0 bridgehead atoms. The number of carbonyl (C=O) groups excluding carboxylic acids is 1. The molecule has 0 atom stereocenters. The van der Waals surface area contributed by atoms with Gasteiger partial charge >= 0.3 is 12.3 Å². The SMILES string of the molecule is CC(C)(C)OC(=O)Nc1cc(Oc2ccc(C(F)(F)F)cc2)cc2c1OCC2. The van der Waals surface area contributed by atoms with Gasteiger partial charge in [0.05, 0.1) is 17.9 Å². The Morgan fingerprint density at radius 2 is 1.75 bits per heavy atom. The maximum absolute atomic E-state index is 12.7. The van der Waals surface area contributed by atoms with Gasteiger partial charge in [0, 0.05) is 18.1 Å². The van der Waals surface area contributed by atoms with Gasteiger partial charge in [-0.25, -0.2) is 4.79 Å². The number of fused-ring (bicyclic) bond motifs is 1. The molecule has 0 aromatic heterocycles. The van der Waals surface area contributed by atoms with E-state index in [-0.39, 0.29) is 5.75 Å². The third-order valence-corrected chi connectivity index (χ3v) is 3.81. The Bertz CT molecular complexity index is 871. The molecular weight excluding hydrogens is 375 g/mol. The summed E-state index contributed by atoms with van der Waals surface area (Å²) in [4.78, 5) is 12.1. The highest BCUT2D eigenvalue weighted by Crippen LogP contribution is 2.39. The number of alkyl halides is 3. The topological polar surface area (TPSA) is 56.8 Å². The van der Waals surface area contributed by atoms with Crippen LogP contribution >= 0.6 is 0 Å². The van der Waals surface area contributed by atoms with Crippen LogP contribution in [0, 0.1) is 0 Å². The standard InChI is InChI=1S/C20H20F3NO4/c1-19(2,3)28-18(25)24-16-11-15(10-12-8-9-26-17(12)16)27-14-6-4-13(5-7-14)20(21,22)23/h4-7,10-11H,8-9H2,1-3H3,(H,24,25). The number of benzene rings is 2. The van der Waals surface area contributed by atoms with Crippen molar-refractivity contribution in [2.24, 2.45) is 0 Å². The molecule has 150 valence electrons. The van der Waals surface area contributed by atoms with Crippen LogP contribution in [0.1, 0.15) is 31.9 Å². The predicted octanol–water partition coefficient (Wildman–Crippen LogP) is 5.78. The Kier molecular flexibility index (Phi) is 5.14. The number of rotatable bonds is 3. The van der Waals surface area contributed by atoms with E-state index in [4.69, 9.17) is 14.2 Å². The minimum atomic E-state index is -4.41. The van der Waals surface area contributed by atoms with Crippen molar-refractivity contribution in [1.82, 2.24) is 0 Å². The molecule has 1 heterocycles. The van der Waals surface area contributed by atoms with E-state index in [1.807, 2.05) is 0 Å². The molecule has 2 aromatic rings. The highest BCUT2D eigenvalue weighted by atomic mass is 19.4. The number of nitrogens with one attached hydrogen (secondary N) is 1. The van der Waals surface area contributed by atoms with Gasteiger partial charge in [0.25, 0.3) is 0 Å². The molecule has 1 aliphatic heterocycles. The van der Waals surface area contributed by atoms with Crippen LogP contribution in [-0.2, 0) is 17.3 Å². The van der Waals surface area contributed by atoms with Crippen molar-refractivity contribution in [2.75, 3.05) is 11.9 Å². The van der Waals surface area contributed by atoms with Crippen LogP contribution in [0.5, 0.6) is 17.2 Å². The number of hydrogen-bond acceptors (Lipinski definition) is 4. The number of amides is 1. The van der Waals surface area contributed by atoms with Gasteiger partial charge < -0.3 is 14.2 Å². The third kappa shape index (κ3) is 4.88. The lowest BCUT2D eigenvalue weighted by Crippen LogP contribution is -2.27. The molecule has 1 N–H and O–H groups in total. The van der Waals surface area contributed by atoms with Gasteiger partial charge in [-0.2, -0.15) is 13.2 Å². The molecule has 0 saturated carbocycles. The first-order valence-corrected chi connectivity index (χ1v) is 8.66. The Hall–Kier alpha value is -2.90. The van der Waals surface area contributed by atoms with Crippen molar-refractivity contribution < 1.29 is 32.2 Å². The molecule has 0 radical (unpaired) electrons. The lowest BCUT2D eigenvalue weighted by atomic mass is 10.1. The summed E-state index contributed by atoms with van der Waals surface area (Å²) < 4.78 is 54.5. The van der Waals surface area contributed by atoms with Crippen molar-refractivity contribution in [3.8, 4) is 17.2 Å². The lowest BCUT2D eigenvalue weighted by molar-refractivity contribution is -0.137. The highest BCUT2D eigenvalue weighted by Gasteiger charge is 2.30. The minimum Gasteiger partial charge on any atom is -0.491 e. The van der Waals surface area contributed by atoms with Gasteiger partial charge in [0.15, 0.2) is 0 Å². The Balaban J connectivity index is 1.82. The van der Waals surface area contributed by atoms with E-state index in [2.05, 4.69) is 5.32 Å². The molecule has 0 aliphatic carbocycles. The summed E-state index contributed by atoms with van der Waals surface area (Å²) >= 11 is 0. The van der Waals surface area contributed by atoms with Crippen molar-refractivity contribution in [1.29, 1.82) is 0 Å². The normalized spacial score (nSPS) is 13.5. The second-order valence-corrected chi connectivity index (χ2v) is 7.31. The Labute approximate surface area is 160 Å². The zero-order valence-corrected chi connectivity index (χ0v) is 15.6. The van der Waals surface area contributed by atoms with E-state index in [1.54, 1.807) is 32.9 Å². The molecule has 3 rings (SSSR count). The Morgan fingerprint density at radius 1 is 1.07 bits per heavy atom. The molecule has 0 spiro atoms. The van der Waals surface area contributed by atoms with Crippen molar-refractivity contribution in [3.63, 3.8) is 0 Å². The zero-order chi connectivity index (χ0) is 20.5. The average Bonchev–Trinajstić information content (AvgIpc) is 3.01. The van der Waals surface area contributed by atoms with Gasteiger partial charge in [-0.15, -0.1) is 0 Å². The molecule has 8 heteroatoms. The first-order chi connectivity index (χ1) is 13.0. The largest absolute Gasteiger partial charge is 0.491 e. The van der Waals surface area contributed by atoms with Crippen LogP contribution < -0.4 is 14.8 Å². The first-order valence-electron chi connectivity index (χ1n) is 8.66. The fourth-order valence-electron chi connectivity index (χ4n) is 2.69. The summed E-state index contributed by atoms with van der Waals surface area (Å²) in [6.45, 7) is 5.70. The second kappa shape index (κ2) is 7.26. The van der Waals surface area contributed by atoms with Crippen molar-refractivity contribution in [2.45, 2.75) is 39.0 Å². The summed E-state index contributed by atoms with van der Waals surface area (Å²) in [5.41, 5.74) is -0.209. The van der Waals surface area contributed by atoms with E-state index in [1.165, 1.54) is 12.1 Å². The summed E-state index contributed by atoms with van der Waals surface area (Å²) in [6, 6.07) is 7.67. The number of carbonyl (C=O) groups is 1. The quantitative estimate of drug-likeness (QED) is 0.716. The fraction of sp³-hybridized carbons (Fsp3) is 0.350. The van der Waals surface area contributed by atoms with Crippen LogP contribution in [0.4, 0.5) is 23.7 Å². The molecule has 5 nitrogen and oxygen atoms in total. The minimum absolute atomic E-state index is 0.245. The van der Waals surface area contributed by atoms with Gasteiger partial charge in [-0.1, -0.05) is 0 Å². The zero-order valence-electron chi connectivity index (χ0n) is 15.6. The van der Waals surface area contributed by atoms with Crippen molar-refractivity contribution in [3.05, 3.63) is 47.5 Å². The molecule has 2 aromatic carbocycles.